The fourth-order valence-corrected chi connectivity index (χ4v) is 2.31. The van der Waals surface area contributed by atoms with Gasteiger partial charge in [-0.3, -0.25) is 9.59 Å². The van der Waals surface area contributed by atoms with Gasteiger partial charge in [0.1, 0.15) is 0 Å². The maximum Gasteiger partial charge on any atom is 0.257 e. The summed E-state index contributed by atoms with van der Waals surface area (Å²) in [5.74, 6) is -0.443. The number of para-hydroxylation sites is 1. The number of nitrogens with one attached hydrogen (secondary N) is 2. The summed E-state index contributed by atoms with van der Waals surface area (Å²) in [7, 11) is 0. The Morgan fingerprint density at radius 2 is 1.65 bits per heavy atom. The van der Waals surface area contributed by atoms with E-state index < -0.39 is 0 Å². The smallest absolute Gasteiger partial charge is 0.257 e. The van der Waals surface area contributed by atoms with Crippen molar-refractivity contribution in [1.82, 2.24) is 0 Å². The lowest BCUT2D eigenvalue weighted by molar-refractivity contribution is -0.114. The number of hydrogen-bond acceptors (Lipinski definition) is 2. The largest absolute Gasteiger partial charge is 0.326 e. The van der Waals surface area contributed by atoms with Crippen molar-refractivity contribution in [2.24, 2.45) is 0 Å². The molecule has 0 aliphatic heterocycles. The number of aryl methyl sites for hydroxylation is 1. The first-order valence-corrected chi connectivity index (χ1v) is 7.87. The maximum absolute atomic E-state index is 12.4. The Kier molecular flexibility index (Phi) is 5.92. The van der Waals surface area contributed by atoms with Gasteiger partial charge in [-0.15, -0.1) is 0 Å². The van der Waals surface area contributed by atoms with Gasteiger partial charge in [-0.2, -0.15) is 0 Å². The zero-order chi connectivity index (χ0) is 16.7. The summed E-state index contributed by atoms with van der Waals surface area (Å²) >= 11 is 0. The molecule has 2 aromatic carbocycles. The normalized spacial score (nSPS) is 10.2. The van der Waals surface area contributed by atoms with Crippen LogP contribution in [0.4, 0.5) is 11.4 Å². The highest BCUT2D eigenvalue weighted by molar-refractivity contribution is 6.09. The van der Waals surface area contributed by atoms with E-state index in [0.717, 1.165) is 18.5 Å². The third kappa shape index (κ3) is 4.95. The second kappa shape index (κ2) is 8.13. The summed E-state index contributed by atoms with van der Waals surface area (Å²) in [4.78, 5) is 23.6. The van der Waals surface area contributed by atoms with E-state index in [1.165, 1.54) is 18.9 Å². The van der Waals surface area contributed by atoms with Crippen LogP contribution in [0.1, 0.15) is 42.6 Å². The van der Waals surface area contributed by atoms with E-state index in [0.29, 0.717) is 11.3 Å². The molecule has 0 aliphatic carbocycles. The van der Waals surface area contributed by atoms with E-state index in [-0.39, 0.29) is 11.8 Å². The Bertz CT molecular complexity index is 678. The summed E-state index contributed by atoms with van der Waals surface area (Å²) < 4.78 is 0. The Balaban J connectivity index is 2.08. The van der Waals surface area contributed by atoms with Crippen LogP contribution in [0.15, 0.2) is 48.5 Å². The molecule has 0 heterocycles. The zero-order valence-corrected chi connectivity index (χ0v) is 13.6. The Morgan fingerprint density at radius 1 is 0.957 bits per heavy atom. The highest BCUT2D eigenvalue weighted by Gasteiger charge is 2.12. The molecular weight excluding hydrogens is 288 g/mol. The molecule has 0 radical (unpaired) electrons. The Hall–Kier alpha value is -2.62. The van der Waals surface area contributed by atoms with Crippen molar-refractivity contribution < 1.29 is 9.59 Å². The van der Waals surface area contributed by atoms with Crippen LogP contribution in [0, 0.1) is 0 Å². The highest BCUT2D eigenvalue weighted by Crippen LogP contribution is 2.18. The van der Waals surface area contributed by atoms with Crippen molar-refractivity contribution >= 4 is 23.2 Å². The van der Waals surface area contributed by atoms with E-state index in [1.54, 1.807) is 24.3 Å². The second-order valence-electron chi connectivity index (χ2n) is 5.48. The SMILES string of the molecule is CCCCc1ccc(NC(=O)c2ccccc2NC(C)=O)cc1. The van der Waals surface area contributed by atoms with Crippen molar-refractivity contribution in [2.75, 3.05) is 10.6 Å². The molecule has 120 valence electrons. The van der Waals surface area contributed by atoms with Crippen LogP contribution in [0.5, 0.6) is 0 Å². The molecule has 2 aromatic rings. The number of carbonyl (C=O) groups excluding carboxylic acids is 2. The molecule has 0 saturated heterocycles. The first-order chi connectivity index (χ1) is 11.1. The van der Waals surface area contributed by atoms with Crippen LogP contribution in [0.2, 0.25) is 0 Å². The van der Waals surface area contributed by atoms with Crippen LogP contribution in [-0.4, -0.2) is 11.8 Å². The molecular formula is C19H22N2O2. The molecule has 2 amide bonds. The molecule has 0 fully saturated rings. The van der Waals surface area contributed by atoms with Gasteiger partial charge in [0.2, 0.25) is 5.91 Å². The number of unbranched alkanes of at least 4 members (excludes halogenated alkanes) is 1. The molecule has 0 aromatic heterocycles. The lowest BCUT2D eigenvalue weighted by Gasteiger charge is -2.11. The molecule has 0 aliphatic rings. The predicted octanol–water partition coefficient (Wildman–Crippen LogP) is 4.24. The minimum atomic E-state index is -0.240. The van der Waals surface area contributed by atoms with Gasteiger partial charge in [-0.1, -0.05) is 37.6 Å². The van der Waals surface area contributed by atoms with Gasteiger partial charge in [-0.25, -0.2) is 0 Å². The summed E-state index contributed by atoms with van der Waals surface area (Å²) in [6.07, 6.45) is 3.38. The summed E-state index contributed by atoms with van der Waals surface area (Å²) in [6, 6.07) is 14.8. The van der Waals surface area contributed by atoms with Crippen molar-refractivity contribution in [3.63, 3.8) is 0 Å². The van der Waals surface area contributed by atoms with Crippen LogP contribution in [0.3, 0.4) is 0 Å². The van der Waals surface area contributed by atoms with Crippen molar-refractivity contribution in [3.05, 3.63) is 59.7 Å². The highest BCUT2D eigenvalue weighted by atomic mass is 16.2. The molecule has 0 bridgehead atoms. The van der Waals surface area contributed by atoms with Crippen LogP contribution < -0.4 is 10.6 Å². The van der Waals surface area contributed by atoms with Gasteiger partial charge >= 0.3 is 0 Å². The number of benzene rings is 2. The van der Waals surface area contributed by atoms with Crippen LogP contribution in [-0.2, 0) is 11.2 Å². The average Bonchev–Trinajstić information content (AvgIpc) is 2.54. The van der Waals surface area contributed by atoms with Crippen molar-refractivity contribution in [3.8, 4) is 0 Å². The first kappa shape index (κ1) is 16.7. The topological polar surface area (TPSA) is 58.2 Å². The molecule has 4 heteroatoms. The van der Waals surface area contributed by atoms with Crippen LogP contribution in [0.25, 0.3) is 0 Å². The molecule has 0 spiro atoms. The predicted molar refractivity (Wildman–Crippen MR) is 93.8 cm³/mol. The summed E-state index contributed by atoms with van der Waals surface area (Å²) in [6.45, 7) is 3.59. The minimum Gasteiger partial charge on any atom is -0.326 e. The van der Waals surface area contributed by atoms with Crippen LogP contribution >= 0.6 is 0 Å². The monoisotopic (exact) mass is 310 g/mol. The number of carbonyl (C=O) groups is 2. The van der Waals surface area contributed by atoms with Crippen molar-refractivity contribution in [2.45, 2.75) is 33.1 Å². The van der Waals surface area contributed by atoms with E-state index in [4.69, 9.17) is 0 Å². The van der Waals surface area contributed by atoms with Gasteiger partial charge < -0.3 is 10.6 Å². The number of hydrogen-bond donors (Lipinski definition) is 2. The van der Waals surface area contributed by atoms with Gasteiger partial charge in [-0.05, 0) is 42.7 Å². The van der Waals surface area contributed by atoms with Gasteiger partial charge in [0.05, 0.1) is 11.3 Å². The van der Waals surface area contributed by atoms with E-state index >= 15 is 0 Å². The Labute approximate surface area is 136 Å². The lowest BCUT2D eigenvalue weighted by Crippen LogP contribution is -2.16. The lowest BCUT2D eigenvalue weighted by atomic mass is 10.1. The molecule has 0 saturated carbocycles. The average molecular weight is 310 g/mol. The minimum absolute atomic E-state index is 0.203. The third-order valence-electron chi connectivity index (χ3n) is 3.51. The van der Waals surface area contributed by atoms with Gasteiger partial charge in [0.15, 0.2) is 0 Å². The molecule has 0 unspecified atom stereocenters. The summed E-state index contributed by atoms with van der Waals surface area (Å²) in [5, 5.41) is 5.54. The van der Waals surface area contributed by atoms with Gasteiger partial charge in [0, 0.05) is 12.6 Å². The fourth-order valence-electron chi connectivity index (χ4n) is 2.31. The molecule has 2 N–H and O–H groups in total. The third-order valence-corrected chi connectivity index (χ3v) is 3.51. The van der Waals surface area contributed by atoms with Crippen molar-refractivity contribution in [1.29, 1.82) is 0 Å². The van der Waals surface area contributed by atoms with E-state index in [9.17, 15) is 9.59 Å². The Morgan fingerprint density at radius 3 is 2.30 bits per heavy atom. The summed E-state index contributed by atoms with van der Waals surface area (Å²) in [5.41, 5.74) is 2.96. The van der Waals surface area contributed by atoms with E-state index in [2.05, 4.69) is 17.6 Å². The number of rotatable bonds is 6. The van der Waals surface area contributed by atoms with Gasteiger partial charge in [0.25, 0.3) is 5.91 Å². The number of amides is 2. The molecule has 2 rings (SSSR count). The standard InChI is InChI=1S/C19H22N2O2/c1-3-4-7-15-10-12-16(13-11-15)21-19(23)17-8-5-6-9-18(17)20-14(2)22/h5-6,8-13H,3-4,7H2,1-2H3,(H,20,22)(H,21,23). The quantitative estimate of drug-likeness (QED) is 0.838. The number of anilines is 2. The molecule has 4 nitrogen and oxygen atoms in total. The first-order valence-electron chi connectivity index (χ1n) is 7.87. The fraction of sp³-hybridized carbons (Fsp3) is 0.263. The second-order valence-corrected chi connectivity index (χ2v) is 5.48. The molecule has 23 heavy (non-hydrogen) atoms. The zero-order valence-electron chi connectivity index (χ0n) is 13.6. The molecule has 0 atom stereocenters. The van der Waals surface area contributed by atoms with E-state index in [1.807, 2.05) is 24.3 Å². The maximum atomic E-state index is 12.4.